The molecule has 9 heteroatoms. The first-order valence-corrected chi connectivity index (χ1v) is 8.05. The van der Waals surface area contributed by atoms with Crippen molar-refractivity contribution in [2.75, 3.05) is 0 Å². The minimum atomic E-state index is -4.52. The monoisotopic (exact) mass is 387 g/mol. The number of nitrogens with one attached hydrogen (secondary N) is 1. The van der Waals surface area contributed by atoms with Crippen molar-refractivity contribution >= 4 is 22.6 Å². The van der Waals surface area contributed by atoms with E-state index >= 15 is 0 Å². The van der Waals surface area contributed by atoms with Crippen LogP contribution < -0.4 is 0 Å². The lowest BCUT2D eigenvalue weighted by Crippen LogP contribution is -2.05. The second kappa shape index (κ2) is 6.14. The Bertz CT molecular complexity index is 1200. The van der Waals surface area contributed by atoms with Crippen LogP contribution in [0.25, 0.3) is 33.7 Å². The molecule has 0 radical (unpaired) electrons. The maximum Gasteiger partial charge on any atom is 0.416 e. The quantitative estimate of drug-likeness (QED) is 0.520. The number of aromatic amines is 1. The van der Waals surface area contributed by atoms with Gasteiger partial charge in [-0.3, -0.25) is 0 Å². The number of halogens is 4. The van der Waals surface area contributed by atoms with E-state index in [2.05, 4.69) is 15.0 Å². The van der Waals surface area contributed by atoms with E-state index in [0.717, 1.165) is 12.1 Å². The van der Waals surface area contributed by atoms with Crippen LogP contribution in [-0.2, 0) is 6.18 Å². The summed E-state index contributed by atoms with van der Waals surface area (Å²) >= 11 is 6.12. The van der Waals surface area contributed by atoms with E-state index < -0.39 is 11.7 Å². The first kappa shape index (κ1) is 17.1. The molecule has 27 heavy (non-hydrogen) atoms. The van der Waals surface area contributed by atoms with E-state index in [1.807, 2.05) is 6.19 Å². The van der Waals surface area contributed by atoms with Crippen molar-refractivity contribution < 1.29 is 13.2 Å². The average Bonchev–Trinajstić information content (AvgIpc) is 3.27. The van der Waals surface area contributed by atoms with Crippen molar-refractivity contribution in [3.63, 3.8) is 0 Å². The first-order valence-electron chi connectivity index (χ1n) is 7.67. The second-order valence-corrected chi connectivity index (χ2v) is 6.10. The van der Waals surface area contributed by atoms with Gasteiger partial charge in [0.2, 0.25) is 0 Å². The molecule has 1 N–H and O–H groups in total. The van der Waals surface area contributed by atoms with E-state index in [9.17, 15) is 18.4 Å². The summed E-state index contributed by atoms with van der Waals surface area (Å²) in [5.41, 5.74) is 1.00. The second-order valence-electron chi connectivity index (χ2n) is 5.69. The van der Waals surface area contributed by atoms with Crippen molar-refractivity contribution in [3.8, 4) is 28.8 Å². The molecule has 3 aromatic heterocycles. The van der Waals surface area contributed by atoms with E-state index in [1.165, 1.54) is 17.0 Å². The van der Waals surface area contributed by atoms with E-state index in [4.69, 9.17) is 11.6 Å². The maximum absolute atomic E-state index is 13.1. The number of fused-ring (bicyclic) bond motifs is 1. The topological polar surface area (TPSA) is 70.3 Å². The molecule has 0 spiro atoms. The van der Waals surface area contributed by atoms with Crippen LogP contribution in [0.1, 0.15) is 5.56 Å². The molecule has 5 nitrogen and oxygen atoms in total. The summed E-state index contributed by atoms with van der Waals surface area (Å²) in [7, 11) is 0. The summed E-state index contributed by atoms with van der Waals surface area (Å²) in [6.45, 7) is 0. The zero-order chi connectivity index (χ0) is 19.2. The number of benzene rings is 1. The lowest BCUT2D eigenvalue weighted by Gasteiger charge is -2.11. The molecule has 3 heterocycles. The Balaban J connectivity index is 1.93. The molecule has 0 aliphatic rings. The van der Waals surface area contributed by atoms with Gasteiger partial charge in [-0.15, -0.1) is 0 Å². The van der Waals surface area contributed by atoms with Crippen molar-refractivity contribution in [2.45, 2.75) is 6.18 Å². The Morgan fingerprint density at radius 1 is 1.07 bits per heavy atom. The molecule has 0 unspecified atom stereocenters. The Kier molecular flexibility index (Phi) is 3.89. The average molecular weight is 388 g/mol. The molecule has 0 fully saturated rings. The normalized spacial score (nSPS) is 11.7. The molecule has 0 atom stereocenters. The zero-order valence-corrected chi connectivity index (χ0v) is 14.2. The largest absolute Gasteiger partial charge is 0.416 e. The Morgan fingerprint density at radius 3 is 2.59 bits per heavy atom. The number of alkyl halides is 3. The smallest absolute Gasteiger partial charge is 0.346 e. The molecular weight excluding hydrogens is 379 g/mol. The maximum atomic E-state index is 13.1. The van der Waals surface area contributed by atoms with Crippen molar-refractivity contribution in [1.82, 2.24) is 19.5 Å². The third-order valence-corrected chi connectivity index (χ3v) is 4.48. The molecule has 0 saturated carbocycles. The summed E-state index contributed by atoms with van der Waals surface area (Å²) in [5.74, 6) is 0. The standard InChI is InChI=1S/C18H9ClF3N5/c19-13-2-1-10(18(20,21)22)7-12(13)14-3-4-15(27(14)8-23)16-11-5-6-24-17(11)26-9-25-16/h1-7,9H,(H,24,25,26). The number of nitriles is 1. The molecule has 0 aliphatic carbocycles. The van der Waals surface area contributed by atoms with Gasteiger partial charge in [0.05, 0.1) is 17.0 Å². The Labute approximate surface area is 155 Å². The number of H-pyrrole nitrogens is 1. The van der Waals surface area contributed by atoms with Gasteiger partial charge in [-0.2, -0.15) is 18.4 Å². The predicted molar refractivity (Wildman–Crippen MR) is 93.8 cm³/mol. The molecular formula is C18H9ClF3N5. The summed E-state index contributed by atoms with van der Waals surface area (Å²) < 4.78 is 40.4. The van der Waals surface area contributed by atoms with Gasteiger partial charge in [-0.1, -0.05) is 11.6 Å². The SMILES string of the molecule is N#Cn1c(-c2cc(C(F)(F)F)ccc2Cl)ccc1-c1ncnc2[nH]ccc12. The van der Waals surface area contributed by atoms with Crippen LogP contribution in [0.2, 0.25) is 5.02 Å². The van der Waals surface area contributed by atoms with Gasteiger partial charge in [0.25, 0.3) is 0 Å². The molecule has 1 aromatic carbocycles. The van der Waals surface area contributed by atoms with Crippen LogP contribution >= 0.6 is 11.6 Å². The fourth-order valence-corrected chi connectivity index (χ4v) is 3.13. The predicted octanol–water partition coefficient (Wildman–Crippen LogP) is 5.09. The van der Waals surface area contributed by atoms with Crippen molar-refractivity contribution in [2.24, 2.45) is 0 Å². The van der Waals surface area contributed by atoms with Gasteiger partial charge in [0.15, 0.2) is 6.19 Å². The summed E-state index contributed by atoms with van der Waals surface area (Å²) in [5, 5.41) is 10.4. The highest BCUT2D eigenvalue weighted by Gasteiger charge is 2.31. The van der Waals surface area contributed by atoms with Crippen LogP contribution in [0.5, 0.6) is 0 Å². The van der Waals surface area contributed by atoms with Gasteiger partial charge in [0.1, 0.15) is 17.7 Å². The molecule has 0 amide bonds. The molecule has 0 bridgehead atoms. The van der Waals surface area contributed by atoms with Gasteiger partial charge in [-0.05, 0) is 36.4 Å². The van der Waals surface area contributed by atoms with Crippen LogP contribution in [0.4, 0.5) is 13.2 Å². The summed E-state index contributed by atoms with van der Waals surface area (Å²) in [6, 6.07) is 7.92. The first-order chi connectivity index (χ1) is 12.9. The van der Waals surface area contributed by atoms with Crippen LogP contribution in [0.15, 0.2) is 48.9 Å². The Hall–Kier alpha value is -3.31. The molecule has 4 rings (SSSR count). The minimum absolute atomic E-state index is 0.110. The van der Waals surface area contributed by atoms with Crippen LogP contribution in [0, 0.1) is 11.5 Å². The fraction of sp³-hybridized carbons (Fsp3) is 0.0556. The molecule has 0 saturated heterocycles. The third kappa shape index (κ3) is 2.82. The minimum Gasteiger partial charge on any atom is -0.346 e. The third-order valence-electron chi connectivity index (χ3n) is 4.15. The van der Waals surface area contributed by atoms with Gasteiger partial charge in [-0.25, -0.2) is 14.5 Å². The van der Waals surface area contributed by atoms with E-state index in [1.54, 1.807) is 24.4 Å². The van der Waals surface area contributed by atoms with Crippen molar-refractivity contribution in [3.05, 3.63) is 59.5 Å². The fourth-order valence-electron chi connectivity index (χ4n) is 2.91. The Morgan fingerprint density at radius 2 is 1.85 bits per heavy atom. The zero-order valence-electron chi connectivity index (χ0n) is 13.4. The summed E-state index contributed by atoms with van der Waals surface area (Å²) in [4.78, 5) is 11.3. The lowest BCUT2D eigenvalue weighted by atomic mass is 10.1. The van der Waals surface area contributed by atoms with Crippen LogP contribution in [0.3, 0.4) is 0 Å². The highest BCUT2D eigenvalue weighted by atomic mass is 35.5. The highest BCUT2D eigenvalue weighted by molar-refractivity contribution is 6.33. The van der Waals surface area contributed by atoms with E-state index in [0.29, 0.717) is 22.4 Å². The number of rotatable bonds is 2. The molecule has 134 valence electrons. The van der Waals surface area contributed by atoms with Gasteiger partial charge >= 0.3 is 6.18 Å². The molecule has 0 aliphatic heterocycles. The highest BCUT2D eigenvalue weighted by Crippen LogP contribution is 2.38. The van der Waals surface area contributed by atoms with E-state index in [-0.39, 0.29) is 16.3 Å². The number of nitrogens with zero attached hydrogens (tertiary/aromatic N) is 4. The number of hydrogen-bond donors (Lipinski definition) is 1. The van der Waals surface area contributed by atoms with Crippen LogP contribution in [-0.4, -0.2) is 19.5 Å². The molecule has 4 aromatic rings. The van der Waals surface area contributed by atoms with Crippen molar-refractivity contribution in [1.29, 1.82) is 5.26 Å². The number of aromatic nitrogens is 4. The number of hydrogen-bond acceptors (Lipinski definition) is 3. The van der Waals surface area contributed by atoms with Gasteiger partial charge in [0, 0.05) is 22.2 Å². The lowest BCUT2D eigenvalue weighted by molar-refractivity contribution is -0.137. The summed E-state index contributed by atoms with van der Waals surface area (Å²) in [6.07, 6.45) is 0.507. The van der Waals surface area contributed by atoms with Gasteiger partial charge < -0.3 is 4.98 Å².